The van der Waals surface area contributed by atoms with Crippen LogP contribution in [0.5, 0.6) is 0 Å². The molecule has 0 aliphatic rings. The van der Waals surface area contributed by atoms with Crippen molar-refractivity contribution in [1.82, 2.24) is 0 Å². The van der Waals surface area contributed by atoms with Crippen LogP contribution in [0.15, 0.2) is 30.3 Å². The molecule has 2 nitrogen and oxygen atoms in total. The number of unbranched alkanes of at least 4 members (excludes halogenated alkanes) is 3. The first-order valence-electron chi connectivity index (χ1n) is 6.50. The predicted octanol–water partition coefficient (Wildman–Crippen LogP) is 3.59. The number of Topliss-reactive ketones (excluding diaryl/α,β-unsaturated/α-hetero) is 1. The minimum absolute atomic E-state index is 0.0357. The molecule has 94 valence electrons. The van der Waals surface area contributed by atoms with Crippen LogP contribution in [0, 0.1) is 0 Å². The fraction of sp³-hybridized carbons (Fsp3) is 0.533. The second-order valence-corrected chi connectivity index (χ2v) is 4.50. The van der Waals surface area contributed by atoms with Gasteiger partial charge in [-0.15, -0.1) is 0 Å². The van der Waals surface area contributed by atoms with Gasteiger partial charge in [0.05, 0.1) is 6.10 Å². The molecule has 0 radical (unpaired) electrons. The van der Waals surface area contributed by atoms with Crippen LogP contribution in [-0.2, 0) is 0 Å². The molecule has 0 aliphatic carbocycles. The minimum atomic E-state index is -0.487. The first kappa shape index (κ1) is 13.9. The first-order valence-corrected chi connectivity index (χ1v) is 6.50. The van der Waals surface area contributed by atoms with E-state index >= 15 is 0 Å². The average Bonchev–Trinajstić information content (AvgIpc) is 2.36. The largest absolute Gasteiger partial charge is 0.393 e. The highest BCUT2D eigenvalue weighted by Crippen LogP contribution is 2.11. The van der Waals surface area contributed by atoms with Gasteiger partial charge in [0.15, 0.2) is 5.78 Å². The molecular weight excluding hydrogens is 212 g/mol. The van der Waals surface area contributed by atoms with Gasteiger partial charge in [-0.05, 0) is 6.42 Å². The fourth-order valence-electron chi connectivity index (χ4n) is 1.86. The van der Waals surface area contributed by atoms with Crippen LogP contribution in [0.2, 0.25) is 0 Å². The lowest BCUT2D eigenvalue weighted by atomic mass is 10.0. The molecule has 1 aromatic carbocycles. The Kier molecular flexibility index (Phi) is 6.56. The van der Waals surface area contributed by atoms with Crippen molar-refractivity contribution < 1.29 is 9.90 Å². The van der Waals surface area contributed by atoms with Crippen LogP contribution in [0.1, 0.15) is 55.8 Å². The van der Waals surface area contributed by atoms with E-state index in [-0.39, 0.29) is 12.2 Å². The number of hydrogen-bond acceptors (Lipinski definition) is 2. The van der Waals surface area contributed by atoms with Crippen molar-refractivity contribution in [1.29, 1.82) is 0 Å². The van der Waals surface area contributed by atoms with Crippen molar-refractivity contribution in [3.05, 3.63) is 35.9 Å². The van der Waals surface area contributed by atoms with Gasteiger partial charge < -0.3 is 5.11 Å². The lowest BCUT2D eigenvalue weighted by Crippen LogP contribution is -2.13. The summed E-state index contributed by atoms with van der Waals surface area (Å²) in [5, 5.41) is 9.76. The zero-order chi connectivity index (χ0) is 12.5. The van der Waals surface area contributed by atoms with E-state index in [0.29, 0.717) is 5.56 Å². The molecule has 0 heterocycles. The molecule has 0 fully saturated rings. The maximum absolute atomic E-state index is 11.8. The molecule has 0 bridgehead atoms. The summed E-state index contributed by atoms with van der Waals surface area (Å²) < 4.78 is 0. The number of aliphatic hydroxyl groups is 1. The number of aliphatic hydroxyl groups excluding tert-OH is 1. The van der Waals surface area contributed by atoms with Crippen molar-refractivity contribution >= 4 is 5.78 Å². The summed E-state index contributed by atoms with van der Waals surface area (Å²) in [4.78, 5) is 11.8. The molecule has 1 rings (SSSR count). The van der Waals surface area contributed by atoms with Gasteiger partial charge in [0.1, 0.15) is 0 Å². The molecule has 1 N–H and O–H groups in total. The lowest BCUT2D eigenvalue weighted by Gasteiger charge is -2.09. The van der Waals surface area contributed by atoms with Gasteiger partial charge in [0.2, 0.25) is 0 Å². The zero-order valence-electron chi connectivity index (χ0n) is 10.6. The van der Waals surface area contributed by atoms with Gasteiger partial charge in [0, 0.05) is 12.0 Å². The van der Waals surface area contributed by atoms with Crippen LogP contribution in [0.4, 0.5) is 0 Å². The predicted molar refractivity (Wildman–Crippen MR) is 70.2 cm³/mol. The van der Waals surface area contributed by atoms with Crippen molar-refractivity contribution in [2.75, 3.05) is 0 Å². The van der Waals surface area contributed by atoms with E-state index in [4.69, 9.17) is 0 Å². The van der Waals surface area contributed by atoms with Crippen LogP contribution in [0.3, 0.4) is 0 Å². The van der Waals surface area contributed by atoms with Crippen LogP contribution in [0.25, 0.3) is 0 Å². The van der Waals surface area contributed by atoms with Gasteiger partial charge in [0.25, 0.3) is 0 Å². The molecule has 17 heavy (non-hydrogen) atoms. The summed E-state index contributed by atoms with van der Waals surface area (Å²) in [5.41, 5.74) is 0.695. The molecule has 1 unspecified atom stereocenters. The van der Waals surface area contributed by atoms with E-state index in [1.807, 2.05) is 18.2 Å². The molecule has 1 aromatic rings. The summed E-state index contributed by atoms with van der Waals surface area (Å²) in [7, 11) is 0. The Morgan fingerprint density at radius 3 is 2.53 bits per heavy atom. The Morgan fingerprint density at radius 1 is 1.18 bits per heavy atom. The van der Waals surface area contributed by atoms with E-state index in [2.05, 4.69) is 6.92 Å². The second-order valence-electron chi connectivity index (χ2n) is 4.50. The number of carbonyl (C=O) groups excluding carboxylic acids is 1. The molecule has 0 saturated carbocycles. The normalized spacial score (nSPS) is 12.4. The van der Waals surface area contributed by atoms with E-state index in [9.17, 15) is 9.90 Å². The third-order valence-corrected chi connectivity index (χ3v) is 2.91. The number of ketones is 1. The van der Waals surface area contributed by atoms with Crippen LogP contribution < -0.4 is 0 Å². The van der Waals surface area contributed by atoms with Gasteiger partial charge in [-0.3, -0.25) is 4.79 Å². The first-order chi connectivity index (χ1) is 8.24. The Morgan fingerprint density at radius 2 is 1.88 bits per heavy atom. The number of benzene rings is 1. The van der Waals surface area contributed by atoms with Crippen molar-refractivity contribution in [2.45, 2.75) is 51.6 Å². The Hall–Kier alpha value is -1.15. The standard InChI is InChI=1S/C15H22O2/c1-2-3-4-8-11-14(16)12-15(17)13-9-6-5-7-10-13/h5-7,9-10,14,16H,2-4,8,11-12H2,1H3. The van der Waals surface area contributed by atoms with Gasteiger partial charge in [-0.25, -0.2) is 0 Å². The highest BCUT2D eigenvalue weighted by Gasteiger charge is 2.11. The second kappa shape index (κ2) is 8.02. The number of hydrogen-bond donors (Lipinski definition) is 1. The maximum Gasteiger partial charge on any atom is 0.165 e. The van der Waals surface area contributed by atoms with E-state index in [0.717, 1.165) is 19.3 Å². The summed E-state index contributed by atoms with van der Waals surface area (Å²) >= 11 is 0. The highest BCUT2D eigenvalue weighted by atomic mass is 16.3. The SMILES string of the molecule is CCCCCCC(O)CC(=O)c1ccccc1. The fourth-order valence-corrected chi connectivity index (χ4v) is 1.86. The number of rotatable bonds is 8. The Labute approximate surface area is 104 Å². The minimum Gasteiger partial charge on any atom is -0.393 e. The Balaban J connectivity index is 2.26. The molecule has 0 aromatic heterocycles. The van der Waals surface area contributed by atoms with Crippen molar-refractivity contribution in [3.63, 3.8) is 0 Å². The zero-order valence-corrected chi connectivity index (χ0v) is 10.6. The van der Waals surface area contributed by atoms with E-state index in [1.165, 1.54) is 12.8 Å². The highest BCUT2D eigenvalue weighted by molar-refractivity contribution is 5.96. The summed E-state index contributed by atoms with van der Waals surface area (Å²) in [6.07, 6.45) is 5.05. The Bertz CT molecular complexity index is 319. The molecule has 1 atom stereocenters. The smallest absolute Gasteiger partial charge is 0.165 e. The topological polar surface area (TPSA) is 37.3 Å². The van der Waals surface area contributed by atoms with Gasteiger partial charge in [-0.2, -0.15) is 0 Å². The van der Waals surface area contributed by atoms with Crippen LogP contribution in [-0.4, -0.2) is 17.0 Å². The molecule has 0 spiro atoms. The average molecular weight is 234 g/mol. The third kappa shape index (κ3) is 5.64. The van der Waals surface area contributed by atoms with Crippen LogP contribution >= 0.6 is 0 Å². The molecule has 0 aliphatic heterocycles. The maximum atomic E-state index is 11.8. The van der Waals surface area contributed by atoms with Gasteiger partial charge >= 0.3 is 0 Å². The molecular formula is C15H22O2. The quantitative estimate of drug-likeness (QED) is 0.551. The monoisotopic (exact) mass is 234 g/mol. The summed E-state index contributed by atoms with van der Waals surface area (Å²) in [6.45, 7) is 2.16. The van der Waals surface area contributed by atoms with E-state index < -0.39 is 6.10 Å². The van der Waals surface area contributed by atoms with Crippen molar-refractivity contribution in [2.24, 2.45) is 0 Å². The molecule has 0 saturated heterocycles. The van der Waals surface area contributed by atoms with Crippen molar-refractivity contribution in [3.8, 4) is 0 Å². The van der Waals surface area contributed by atoms with Gasteiger partial charge in [-0.1, -0.05) is 62.9 Å². The third-order valence-electron chi connectivity index (χ3n) is 2.91. The molecule has 2 heteroatoms. The lowest BCUT2D eigenvalue weighted by molar-refractivity contribution is 0.0864. The summed E-state index contributed by atoms with van der Waals surface area (Å²) in [5.74, 6) is 0.0357. The molecule has 0 amide bonds. The summed E-state index contributed by atoms with van der Waals surface area (Å²) in [6, 6.07) is 9.18. The number of carbonyl (C=O) groups is 1. The van der Waals surface area contributed by atoms with E-state index in [1.54, 1.807) is 12.1 Å².